The van der Waals surface area contributed by atoms with Crippen molar-refractivity contribution in [3.05, 3.63) is 12.2 Å². The van der Waals surface area contributed by atoms with E-state index in [1.807, 2.05) is 32.9 Å². The molecule has 0 bridgehead atoms. The molecule has 0 radical (unpaired) electrons. The van der Waals surface area contributed by atoms with Crippen LogP contribution >= 0.6 is 0 Å². The van der Waals surface area contributed by atoms with E-state index in [1.165, 1.54) is 6.92 Å². The van der Waals surface area contributed by atoms with E-state index in [0.29, 0.717) is 13.0 Å². The van der Waals surface area contributed by atoms with Crippen LogP contribution in [-0.4, -0.2) is 71.6 Å². The highest BCUT2D eigenvalue weighted by atomic mass is 16.3. The van der Waals surface area contributed by atoms with Crippen LogP contribution in [0.1, 0.15) is 47.0 Å². The zero-order valence-corrected chi connectivity index (χ0v) is 16.5. The number of rotatable bonds is 13. The molecule has 146 valence electrons. The van der Waals surface area contributed by atoms with Crippen molar-refractivity contribution in [2.45, 2.75) is 71.2 Å². The van der Waals surface area contributed by atoms with E-state index in [0.717, 1.165) is 12.8 Å². The number of carbonyl (C=O) groups excluding carboxylic acids is 2. The number of nitrogens with one attached hydrogen (secondary N) is 1. The highest BCUT2D eigenvalue weighted by Crippen LogP contribution is 2.17. The molecule has 0 amide bonds. The Kier molecular flexibility index (Phi) is 11.8. The summed E-state index contributed by atoms with van der Waals surface area (Å²) in [5.74, 6) is -1.51. The van der Waals surface area contributed by atoms with Crippen LogP contribution in [0.4, 0.5) is 0 Å². The van der Waals surface area contributed by atoms with Gasteiger partial charge in [0.2, 0.25) is 11.6 Å². The van der Waals surface area contributed by atoms with Crippen LogP contribution in [0.2, 0.25) is 0 Å². The molecule has 0 rings (SSSR count). The van der Waals surface area contributed by atoms with E-state index in [4.69, 9.17) is 0 Å². The number of carbonyl (C=O) groups is 2. The van der Waals surface area contributed by atoms with Gasteiger partial charge in [0, 0.05) is 0 Å². The molecule has 0 aromatic carbocycles. The lowest BCUT2D eigenvalue weighted by atomic mass is 9.88. The summed E-state index contributed by atoms with van der Waals surface area (Å²) < 4.78 is 0. The molecule has 0 fully saturated rings. The number of hydrogen-bond acceptors (Lipinski definition) is 6. The van der Waals surface area contributed by atoms with E-state index in [-0.39, 0.29) is 5.92 Å². The highest BCUT2D eigenvalue weighted by molar-refractivity contribution is 6.41. The van der Waals surface area contributed by atoms with Crippen molar-refractivity contribution in [3.63, 3.8) is 0 Å². The van der Waals surface area contributed by atoms with Crippen molar-refractivity contribution in [1.82, 2.24) is 10.2 Å². The summed E-state index contributed by atoms with van der Waals surface area (Å²) in [5.41, 5.74) is 0. The summed E-state index contributed by atoms with van der Waals surface area (Å²) in [4.78, 5) is 27.0. The predicted octanol–water partition coefficient (Wildman–Crippen LogP) is 1.16. The fraction of sp³-hybridized carbons (Fsp3) is 0.789. The lowest BCUT2D eigenvalue weighted by Gasteiger charge is -2.32. The van der Waals surface area contributed by atoms with Crippen molar-refractivity contribution in [3.8, 4) is 0 Å². The number of aliphatic hydroxyl groups excluding tert-OH is 2. The van der Waals surface area contributed by atoms with Crippen molar-refractivity contribution in [2.24, 2.45) is 5.92 Å². The van der Waals surface area contributed by atoms with Crippen LogP contribution in [0.15, 0.2) is 12.2 Å². The van der Waals surface area contributed by atoms with Gasteiger partial charge in [0.1, 0.15) is 12.1 Å². The van der Waals surface area contributed by atoms with Gasteiger partial charge in [-0.2, -0.15) is 0 Å². The minimum atomic E-state index is -0.978. The van der Waals surface area contributed by atoms with Gasteiger partial charge in [-0.05, 0) is 53.2 Å². The average molecular weight is 357 g/mol. The van der Waals surface area contributed by atoms with Crippen molar-refractivity contribution in [1.29, 1.82) is 0 Å². The first-order chi connectivity index (χ1) is 11.7. The van der Waals surface area contributed by atoms with Crippen molar-refractivity contribution < 1.29 is 19.8 Å². The molecule has 25 heavy (non-hydrogen) atoms. The first-order valence-electron chi connectivity index (χ1n) is 9.14. The van der Waals surface area contributed by atoms with E-state index in [2.05, 4.69) is 5.32 Å². The number of likely N-dealkylation sites (N-methyl/N-ethyl adjacent to an activating group) is 1. The van der Waals surface area contributed by atoms with Crippen LogP contribution in [0.5, 0.6) is 0 Å². The Morgan fingerprint density at radius 1 is 1.16 bits per heavy atom. The lowest BCUT2D eigenvalue weighted by Crippen LogP contribution is -2.56. The van der Waals surface area contributed by atoms with Gasteiger partial charge in [0.05, 0.1) is 12.2 Å². The molecule has 0 aliphatic rings. The molecule has 0 aromatic heterocycles. The van der Waals surface area contributed by atoms with Crippen LogP contribution in [0.3, 0.4) is 0 Å². The Labute approximate surface area is 152 Å². The highest BCUT2D eigenvalue weighted by Gasteiger charge is 2.39. The predicted molar refractivity (Wildman–Crippen MR) is 100 cm³/mol. The second-order valence-electron chi connectivity index (χ2n) is 6.94. The topological polar surface area (TPSA) is 89.9 Å². The Morgan fingerprint density at radius 2 is 1.76 bits per heavy atom. The number of unbranched alkanes of at least 4 members (excludes halogenated alkanes) is 1. The Bertz CT molecular complexity index is 435. The maximum absolute atomic E-state index is 12.8. The number of Topliss-reactive ketones (excluding diaryl/α,β-unsaturated/α-hetero) is 2. The molecule has 6 nitrogen and oxygen atoms in total. The molecule has 3 N–H and O–H groups in total. The van der Waals surface area contributed by atoms with Crippen LogP contribution in [0.25, 0.3) is 0 Å². The second-order valence-corrected chi connectivity index (χ2v) is 6.94. The van der Waals surface area contributed by atoms with Gasteiger partial charge < -0.3 is 15.5 Å². The zero-order chi connectivity index (χ0) is 19.6. The fourth-order valence-electron chi connectivity index (χ4n) is 2.71. The summed E-state index contributed by atoms with van der Waals surface area (Å²) in [5, 5.41) is 23.5. The molecule has 0 spiro atoms. The van der Waals surface area contributed by atoms with Gasteiger partial charge in [-0.15, -0.1) is 0 Å². The molecule has 0 heterocycles. The number of nitrogens with zero attached hydrogens (tertiary/aromatic N) is 1. The van der Waals surface area contributed by atoms with Crippen LogP contribution in [0, 0.1) is 5.92 Å². The zero-order valence-electron chi connectivity index (χ0n) is 16.5. The first kappa shape index (κ1) is 23.9. The average Bonchev–Trinajstić information content (AvgIpc) is 2.55. The summed E-state index contributed by atoms with van der Waals surface area (Å²) >= 11 is 0. The molecule has 0 aliphatic heterocycles. The Balaban J connectivity index is 5.25. The van der Waals surface area contributed by atoms with Gasteiger partial charge in [-0.1, -0.05) is 32.4 Å². The third-order valence-electron chi connectivity index (χ3n) is 4.38. The Morgan fingerprint density at radius 3 is 2.20 bits per heavy atom. The molecule has 0 saturated heterocycles. The van der Waals surface area contributed by atoms with Gasteiger partial charge >= 0.3 is 0 Å². The van der Waals surface area contributed by atoms with Crippen LogP contribution in [-0.2, 0) is 9.59 Å². The van der Waals surface area contributed by atoms with Gasteiger partial charge in [-0.3, -0.25) is 14.5 Å². The minimum absolute atomic E-state index is 0.168. The smallest absolute Gasteiger partial charge is 0.219 e. The van der Waals surface area contributed by atoms with Crippen molar-refractivity contribution in [2.75, 3.05) is 20.6 Å². The van der Waals surface area contributed by atoms with Crippen molar-refractivity contribution >= 4 is 11.6 Å². The third-order valence-corrected chi connectivity index (χ3v) is 4.38. The number of ketones is 2. The molecule has 0 unspecified atom stereocenters. The van der Waals surface area contributed by atoms with Gasteiger partial charge in [0.25, 0.3) is 0 Å². The maximum Gasteiger partial charge on any atom is 0.219 e. The molecule has 5 atom stereocenters. The van der Waals surface area contributed by atoms with E-state index < -0.39 is 35.9 Å². The normalized spacial score (nSPS) is 18.1. The third kappa shape index (κ3) is 7.77. The van der Waals surface area contributed by atoms with E-state index in [1.54, 1.807) is 19.0 Å². The number of allylic oxidation sites excluding steroid dienone is 2. The van der Waals surface area contributed by atoms with E-state index in [9.17, 15) is 19.8 Å². The second kappa shape index (κ2) is 12.3. The quantitative estimate of drug-likeness (QED) is 0.261. The molecular weight excluding hydrogens is 320 g/mol. The summed E-state index contributed by atoms with van der Waals surface area (Å²) in [7, 11) is 3.34. The molecule has 0 saturated carbocycles. The maximum atomic E-state index is 12.8. The SMILES string of the molecule is C/C=C/C[C@@H](C)[C@@H](O)[C@H](C(=O)C(=O)[C@@H](NCCCC)[C@@H](C)O)N(C)C. The summed E-state index contributed by atoms with van der Waals surface area (Å²) in [6.45, 7) is 7.82. The van der Waals surface area contributed by atoms with E-state index >= 15 is 0 Å². The molecular formula is C19H36N2O4. The van der Waals surface area contributed by atoms with Crippen LogP contribution < -0.4 is 5.32 Å². The molecule has 0 aromatic rings. The number of aliphatic hydroxyl groups is 2. The summed E-state index contributed by atoms with van der Waals surface area (Å²) in [6.07, 6.45) is 4.30. The van der Waals surface area contributed by atoms with Gasteiger partial charge in [-0.25, -0.2) is 0 Å². The fourth-order valence-corrected chi connectivity index (χ4v) is 2.71. The molecule has 0 aliphatic carbocycles. The largest absolute Gasteiger partial charge is 0.391 e. The first-order valence-corrected chi connectivity index (χ1v) is 9.14. The minimum Gasteiger partial charge on any atom is -0.391 e. The lowest BCUT2D eigenvalue weighted by molar-refractivity contribution is -0.145. The Hall–Kier alpha value is -1.08. The van der Waals surface area contributed by atoms with Gasteiger partial charge in [0.15, 0.2) is 0 Å². The standard InChI is InChI=1S/C19H36N2O4/c1-7-9-11-13(3)17(23)16(21(5)6)19(25)18(24)15(14(4)22)20-12-10-8-2/h7,9,13-17,20,22-23H,8,10-12H2,1-6H3/b9-7+/t13-,14-,15+,16-,17-/m1/s1. The number of hydrogen-bond donors (Lipinski definition) is 3. The monoisotopic (exact) mass is 356 g/mol. The molecule has 6 heteroatoms. The summed E-state index contributed by atoms with van der Waals surface area (Å²) in [6, 6.07) is -1.87.